The van der Waals surface area contributed by atoms with E-state index in [0.29, 0.717) is 6.61 Å². The minimum absolute atomic E-state index is 0.691. The standard InChI is InChI=1S/C14H18ClN3O/c1-11-5-7-18(17-11)14-4-3-13(15)9-12(14)10-16-6-8-19-2/h3-5,7,9,16H,6,8,10H2,1-2H3. The number of aromatic nitrogens is 2. The number of nitrogens with one attached hydrogen (secondary N) is 1. The topological polar surface area (TPSA) is 39.1 Å². The molecule has 0 unspecified atom stereocenters. The van der Waals surface area contributed by atoms with Gasteiger partial charge in [-0.15, -0.1) is 0 Å². The van der Waals surface area contributed by atoms with Gasteiger partial charge in [-0.1, -0.05) is 11.6 Å². The number of ether oxygens (including phenoxy) is 1. The van der Waals surface area contributed by atoms with E-state index >= 15 is 0 Å². The van der Waals surface area contributed by atoms with Crippen molar-refractivity contribution in [2.45, 2.75) is 13.5 Å². The molecule has 0 atom stereocenters. The van der Waals surface area contributed by atoms with Gasteiger partial charge in [-0.05, 0) is 36.8 Å². The van der Waals surface area contributed by atoms with Gasteiger partial charge in [0.05, 0.1) is 18.0 Å². The van der Waals surface area contributed by atoms with Gasteiger partial charge in [0, 0.05) is 31.4 Å². The number of benzene rings is 1. The van der Waals surface area contributed by atoms with E-state index in [-0.39, 0.29) is 0 Å². The number of hydrogen-bond acceptors (Lipinski definition) is 3. The van der Waals surface area contributed by atoms with Gasteiger partial charge >= 0.3 is 0 Å². The Bertz CT molecular complexity index is 539. The third-order valence-corrected chi connectivity index (χ3v) is 3.04. The first-order valence-electron chi connectivity index (χ1n) is 6.21. The average Bonchev–Trinajstić information content (AvgIpc) is 2.81. The van der Waals surface area contributed by atoms with Crippen LogP contribution in [0.25, 0.3) is 5.69 Å². The molecule has 0 radical (unpaired) electrons. The summed E-state index contributed by atoms with van der Waals surface area (Å²) >= 11 is 6.07. The summed E-state index contributed by atoms with van der Waals surface area (Å²) in [6, 6.07) is 7.82. The average molecular weight is 280 g/mol. The van der Waals surface area contributed by atoms with Crippen molar-refractivity contribution in [2.75, 3.05) is 20.3 Å². The molecule has 2 rings (SSSR count). The van der Waals surface area contributed by atoms with Crippen LogP contribution in [0.4, 0.5) is 0 Å². The quantitative estimate of drug-likeness (QED) is 0.826. The fraction of sp³-hybridized carbons (Fsp3) is 0.357. The molecule has 0 amide bonds. The molecule has 0 bridgehead atoms. The third kappa shape index (κ3) is 3.80. The second kappa shape index (κ2) is 6.70. The van der Waals surface area contributed by atoms with Crippen molar-refractivity contribution < 1.29 is 4.74 Å². The van der Waals surface area contributed by atoms with E-state index in [9.17, 15) is 0 Å². The van der Waals surface area contributed by atoms with Crippen LogP contribution < -0.4 is 5.32 Å². The molecular formula is C14H18ClN3O. The maximum absolute atomic E-state index is 6.07. The Morgan fingerprint density at radius 3 is 2.89 bits per heavy atom. The molecule has 5 heteroatoms. The van der Waals surface area contributed by atoms with E-state index in [4.69, 9.17) is 16.3 Å². The highest BCUT2D eigenvalue weighted by Gasteiger charge is 2.06. The SMILES string of the molecule is COCCNCc1cc(Cl)ccc1-n1ccc(C)n1. The summed E-state index contributed by atoms with van der Waals surface area (Å²) in [7, 11) is 1.69. The molecule has 1 aromatic heterocycles. The Labute approximate surface area is 118 Å². The van der Waals surface area contributed by atoms with Crippen LogP contribution in [-0.4, -0.2) is 30.0 Å². The van der Waals surface area contributed by atoms with Gasteiger partial charge in [-0.2, -0.15) is 5.10 Å². The molecule has 0 aliphatic carbocycles. The Hall–Kier alpha value is -1.36. The molecule has 0 aliphatic heterocycles. The van der Waals surface area contributed by atoms with Crippen LogP contribution in [-0.2, 0) is 11.3 Å². The number of methoxy groups -OCH3 is 1. The predicted molar refractivity (Wildman–Crippen MR) is 76.9 cm³/mol. The van der Waals surface area contributed by atoms with Crippen LogP contribution in [0.3, 0.4) is 0 Å². The van der Waals surface area contributed by atoms with Gasteiger partial charge in [-0.25, -0.2) is 4.68 Å². The molecule has 0 fully saturated rings. The number of nitrogens with zero attached hydrogens (tertiary/aromatic N) is 2. The van der Waals surface area contributed by atoms with Crippen molar-refractivity contribution in [3.05, 3.63) is 46.7 Å². The van der Waals surface area contributed by atoms with E-state index < -0.39 is 0 Å². The molecule has 0 saturated carbocycles. The molecule has 1 aromatic carbocycles. The first-order valence-corrected chi connectivity index (χ1v) is 6.59. The predicted octanol–water partition coefficient (Wildman–Crippen LogP) is 2.57. The van der Waals surface area contributed by atoms with E-state index in [1.165, 1.54) is 0 Å². The fourth-order valence-corrected chi connectivity index (χ4v) is 2.06. The van der Waals surface area contributed by atoms with Gasteiger partial charge in [0.1, 0.15) is 0 Å². The molecule has 4 nitrogen and oxygen atoms in total. The number of halogens is 1. The number of aryl methyl sites for hydroxylation is 1. The van der Waals surface area contributed by atoms with Crippen LogP contribution >= 0.6 is 11.6 Å². The monoisotopic (exact) mass is 279 g/mol. The zero-order chi connectivity index (χ0) is 13.7. The van der Waals surface area contributed by atoms with Crippen LogP contribution in [0.2, 0.25) is 5.02 Å². The molecule has 102 valence electrons. The molecule has 0 spiro atoms. The van der Waals surface area contributed by atoms with Gasteiger partial charge < -0.3 is 10.1 Å². The van der Waals surface area contributed by atoms with Gasteiger partial charge in [0.15, 0.2) is 0 Å². The number of hydrogen-bond donors (Lipinski definition) is 1. The Balaban J connectivity index is 2.18. The first kappa shape index (κ1) is 14.1. The van der Waals surface area contributed by atoms with Gasteiger partial charge in [0.2, 0.25) is 0 Å². The molecule has 1 N–H and O–H groups in total. The van der Waals surface area contributed by atoms with E-state index in [1.807, 2.05) is 42.1 Å². The molecule has 1 heterocycles. The lowest BCUT2D eigenvalue weighted by Gasteiger charge is -2.11. The lowest BCUT2D eigenvalue weighted by atomic mass is 10.1. The smallest absolute Gasteiger partial charge is 0.0691 e. The Morgan fingerprint density at radius 2 is 2.21 bits per heavy atom. The molecule has 19 heavy (non-hydrogen) atoms. The zero-order valence-corrected chi connectivity index (χ0v) is 11.9. The normalized spacial score (nSPS) is 10.9. The zero-order valence-electron chi connectivity index (χ0n) is 11.2. The van der Waals surface area contributed by atoms with Gasteiger partial charge in [-0.3, -0.25) is 0 Å². The van der Waals surface area contributed by atoms with Crippen molar-refractivity contribution >= 4 is 11.6 Å². The Morgan fingerprint density at radius 1 is 1.37 bits per heavy atom. The second-order valence-corrected chi connectivity index (χ2v) is 4.78. The van der Waals surface area contributed by atoms with Crippen LogP contribution in [0.5, 0.6) is 0 Å². The first-order chi connectivity index (χ1) is 9.20. The molecule has 2 aromatic rings. The summed E-state index contributed by atoms with van der Waals surface area (Å²) in [4.78, 5) is 0. The minimum atomic E-state index is 0.691. The van der Waals surface area contributed by atoms with E-state index in [0.717, 1.165) is 35.1 Å². The van der Waals surface area contributed by atoms with E-state index in [2.05, 4.69) is 10.4 Å². The Kier molecular flexibility index (Phi) is 4.96. The highest BCUT2D eigenvalue weighted by molar-refractivity contribution is 6.30. The largest absolute Gasteiger partial charge is 0.383 e. The summed E-state index contributed by atoms with van der Waals surface area (Å²) in [6.45, 7) is 4.21. The summed E-state index contributed by atoms with van der Waals surface area (Å²) in [5, 5.41) is 8.49. The third-order valence-electron chi connectivity index (χ3n) is 2.81. The molecular weight excluding hydrogens is 262 g/mol. The summed E-state index contributed by atoms with van der Waals surface area (Å²) in [5.41, 5.74) is 3.15. The van der Waals surface area contributed by atoms with Crippen molar-refractivity contribution in [1.29, 1.82) is 0 Å². The van der Waals surface area contributed by atoms with Gasteiger partial charge in [0.25, 0.3) is 0 Å². The summed E-state index contributed by atoms with van der Waals surface area (Å²) in [6.07, 6.45) is 1.96. The maximum atomic E-state index is 6.07. The van der Waals surface area contributed by atoms with Crippen LogP contribution in [0.15, 0.2) is 30.5 Å². The number of rotatable bonds is 6. The fourth-order valence-electron chi connectivity index (χ4n) is 1.87. The molecule has 0 aliphatic rings. The highest BCUT2D eigenvalue weighted by Crippen LogP contribution is 2.19. The van der Waals surface area contributed by atoms with Crippen molar-refractivity contribution in [2.24, 2.45) is 0 Å². The molecule has 0 saturated heterocycles. The lowest BCUT2D eigenvalue weighted by molar-refractivity contribution is 0.199. The van der Waals surface area contributed by atoms with Crippen molar-refractivity contribution in [3.8, 4) is 5.69 Å². The van der Waals surface area contributed by atoms with Crippen molar-refractivity contribution in [3.63, 3.8) is 0 Å². The lowest BCUT2D eigenvalue weighted by Crippen LogP contribution is -2.19. The van der Waals surface area contributed by atoms with E-state index in [1.54, 1.807) is 7.11 Å². The van der Waals surface area contributed by atoms with Crippen LogP contribution in [0, 0.1) is 6.92 Å². The maximum Gasteiger partial charge on any atom is 0.0691 e. The highest BCUT2D eigenvalue weighted by atomic mass is 35.5. The minimum Gasteiger partial charge on any atom is -0.383 e. The van der Waals surface area contributed by atoms with Crippen LogP contribution in [0.1, 0.15) is 11.3 Å². The summed E-state index contributed by atoms with van der Waals surface area (Å²) in [5.74, 6) is 0. The summed E-state index contributed by atoms with van der Waals surface area (Å²) < 4.78 is 6.89. The van der Waals surface area contributed by atoms with Crippen molar-refractivity contribution in [1.82, 2.24) is 15.1 Å². The second-order valence-electron chi connectivity index (χ2n) is 4.34.